The number of unbranched alkanes of at least 4 members (excludes halogenated alkanes) is 4. The van der Waals surface area contributed by atoms with Gasteiger partial charge < -0.3 is 43.1 Å². The van der Waals surface area contributed by atoms with E-state index in [2.05, 4.69) is 37.8 Å². The van der Waals surface area contributed by atoms with E-state index >= 15 is 0 Å². The Kier molecular flexibility index (Phi) is 13.6. The molecule has 13 nitrogen and oxygen atoms in total. The molecule has 0 radical (unpaired) electrons. The highest BCUT2D eigenvalue weighted by atomic mass is 16.2. The fraction of sp³-hybridized carbons (Fsp3) is 0.417. The second kappa shape index (κ2) is 18.3. The van der Waals surface area contributed by atoms with Crippen molar-refractivity contribution in [2.75, 3.05) is 6.54 Å². The fourth-order valence-corrected chi connectivity index (χ4v) is 5.95. The molecule has 2 aromatic heterocycles. The Balaban J connectivity index is 1.54. The van der Waals surface area contributed by atoms with E-state index in [0.717, 1.165) is 58.6 Å². The van der Waals surface area contributed by atoms with Crippen molar-refractivity contribution in [1.82, 2.24) is 25.9 Å². The molecule has 262 valence electrons. The van der Waals surface area contributed by atoms with Gasteiger partial charge in [-0.2, -0.15) is 0 Å². The lowest BCUT2D eigenvalue weighted by Gasteiger charge is -2.25. The van der Waals surface area contributed by atoms with Gasteiger partial charge in [0.05, 0.1) is 0 Å². The van der Waals surface area contributed by atoms with E-state index < -0.39 is 35.8 Å². The lowest BCUT2D eigenvalue weighted by atomic mass is 10.0. The molecule has 4 rings (SSSR count). The lowest BCUT2D eigenvalue weighted by molar-refractivity contribution is -0.133. The van der Waals surface area contributed by atoms with Crippen LogP contribution < -0.4 is 33.2 Å². The van der Waals surface area contributed by atoms with Gasteiger partial charge in [-0.25, -0.2) is 0 Å². The molecule has 0 saturated carbocycles. The van der Waals surface area contributed by atoms with Gasteiger partial charge in [0.25, 0.3) is 0 Å². The van der Waals surface area contributed by atoms with Crippen molar-refractivity contribution >= 4 is 51.4 Å². The number of aromatic amines is 2. The second-order valence-corrected chi connectivity index (χ2v) is 12.4. The Morgan fingerprint density at radius 1 is 0.694 bits per heavy atom. The molecule has 0 saturated heterocycles. The van der Waals surface area contributed by atoms with Gasteiger partial charge >= 0.3 is 0 Å². The maximum Gasteiger partial charge on any atom is 0.243 e. The Hall–Kier alpha value is -5.33. The van der Waals surface area contributed by atoms with E-state index in [0.29, 0.717) is 12.8 Å². The van der Waals surface area contributed by atoms with Crippen LogP contribution in [0.2, 0.25) is 0 Å². The second-order valence-electron chi connectivity index (χ2n) is 12.4. The number of nitrogens with zero attached hydrogens (tertiary/aromatic N) is 1. The average molecular weight is 672 g/mol. The van der Waals surface area contributed by atoms with Crippen LogP contribution in [0, 0.1) is 0 Å². The zero-order chi connectivity index (χ0) is 35.2. The molecule has 49 heavy (non-hydrogen) atoms. The minimum Gasteiger partial charge on any atom is -0.370 e. The Bertz CT molecular complexity index is 1740. The van der Waals surface area contributed by atoms with Gasteiger partial charge in [0, 0.05) is 60.0 Å². The van der Waals surface area contributed by atoms with Crippen LogP contribution in [-0.2, 0) is 32.0 Å². The summed E-state index contributed by atoms with van der Waals surface area (Å²) in [4.78, 5) is 63.8. The van der Waals surface area contributed by atoms with Crippen LogP contribution in [0.1, 0.15) is 69.4 Å². The summed E-state index contributed by atoms with van der Waals surface area (Å²) in [5, 5.41) is 10.3. The van der Waals surface area contributed by atoms with Crippen molar-refractivity contribution in [3.63, 3.8) is 0 Å². The maximum absolute atomic E-state index is 14.0. The molecule has 2 aromatic carbocycles. The van der Waals surface area contributed by atoms with E-state index in [1.807, 2.05) is 48.5 Å². The minimum atomic E-state index is -1.09. The Morgan fingerprint density at radius 2 is 1.24 bits per heavy atom. The van der Waals surface area contributed by atoms with Gasteiger partial charge in [-0.1, -0.05) is 69.0 Å². The van der Waals surface area contributed by atoms with Gasteiger partial charge in [0.15, 0.2) is 5.96 Å². The molecule has 4 aromatic rings. The lowest BCUT2D eigenvalue weighted by Crippen LogP contribution is -2.57. The standard InChI is InChI=1S/C36H49N9O4/c1-2-3-4-5-6-17-32(46)43-29(16-11-18-40-36(38)39)34(48)45-31(20-24-22-42-28-15-10-8-13-26(24)28)35(49)44-30(33(37)47)19-23-21-41-27-14-9-7-12-25(23)27/h7-10,12-15,21-22,29-31,41-42H,2-6,11,16-20H2,1H3,(H2,37,47)(H,43,46)(H,44,49)(H,45,48)(H4,38,39,40)/t29-,30-,31-/m0/s1. The number of hydrogen-bond donors (Lipinski definition) is 8. The maximum atomic E-state index is 14.0. The molecule has 0 spiro atoms. The molecular weight excluding hydrogens is 622 g/mol. The quantitative estimate of drug-likeness (QED) is 0.0400. The molecule has 0 fully saturated rings. The number of hydrogen-bond acceptors (Lipinski definition) is 5. The highest BCUT2D eigenvalue weighted by Crippen LogP contribution is 2.21. The summed E-state index contributed by atoms with van der Waals surface area (Å²) in [6.07, 6.45) is 9.69. The van der Waals surface area contributed by atoms with Crippen LogP contribution in [0.25, 0.3) is 21.8 Å². The molecule has 0 aliphatic heterocycles. The van der Waals surface area contributed by atoms with Crippen molar-refractivity contribution in [3.05, 3.63) is 72.1 Å². The third-order valence-corrected chi connectivity index (χ3v) is 8.60. The molecular formula is C36H49N9O4. The number of primary amides is 1. The number of aliphatic imine (C=N–C) groups is 1. The number of H-pyrrole nitrogens is 2. The molecule has 0 unspecified atom stereocenters. The van der Waals surface area contributed by atoms with E-state index in [-0.39, 0.29) is 44.1 Å². The number of aromatic nitrogens is 2. The van der Waals surface area contributed by atoms with Crippen LogP contribution in [0.4, 0.5) is 0 Å². The van der Waals surface area contributed by atoms with Crippen molar-refractivity contribution in [3.8, 4) is 0 Å². The zero-order valence-electron chi connectivity index (χ0n) is 28.1. The van der Waals surface area contributed by atoms with E-state index in [1.54, 1.807) is 12.4 Å². The van der Waals surface area contributed by atoms with Gasteiger partial charge in [-0.05, 0) is 42.5 Å². The highest BCUT2D eigenvalue weighted by molar-refractivity contribution is 5.95. The van der Waals surface area contributed by atoms with Gasteiger partial charge in [0.2, 0.25) is 23.6 Å². The summed E-state index contributed by atoms with van der Waals surface area (Å²) in [5.74, 6) is -2.13. The predicted octanol–water partition coefficient (Wildman–Crippen LogP) is 2.79. The summed E-state index contributed by atoms with van der Waals surface area (Å²) < 4.78 is 0. The first-order valence-electron chi connectivity index (χ1n) is 17.0. The smallest absolute Gasteiger partial charge is 0.243 e. The van der Waals surface area contributed by atoms with Crippen LogP contribution in [-0.4, -0.2) is 64.2 Å². The predicted molar refractivity (Wildman–Crippen MR) is 192 cm³/mol. The van der Waals surface area contributed by atoms with Crippen LogP contribution in [0.5, 0.6) is 0 Å². The van der Waals surface area contributed by atoms with Crippen LogP contribution in [0.15, 0.2) is 65.9 Å². The highest BCUT2D eigenvalue weighted by Gasteiger charge is 2.30. The van der Waals surface area contributed by atoms with Crippen molar-refractivity contribution in [2.45, 2.75) is 89.3 Å². The van der Waals surface area contributed by atoms with Crippen molar-refractivity contribution < 1.29 is 19.2 Å². The number of carbonyl (C=O) groups excluding carboxylic acids is 4. The summed E-state index contributed by atoms with van der Waals surface area (Å²) in [5.41, 5.74) is 20.1. The number of nitrogens with two attached hydrogens (primary N) is 3. The first kappa shape index (κ1) is 36.5. The average Bonchev–Trinajstić information content (AvgIpc) is 3.69. The van der Waals surface area contributed by atoms with E-state index in [4.69, 9.17) is 17.2 Å². The van der Waals surface area contributed by atoms with Gasteiger partial charge in [0.1, 0.15) is 18.1 Å². The number of rotatable bonds is 20. The SMILES string of the molecule is CCCCCCCC(=O)N[C@@H](CCCN=C(N)N)C(=O)N[C@@H](Cc1c[nH]c2ccccc12)C(=O)N[C@@H](Cc1c[nH]c2ccccc12)C(N)=O. The summed E-state index contributed by atoms with van der Waals surface area (Å²) in [7, 11) is 0. The molecule has 13 heteroatoms. The van der Waals surface area contributed by atoms with Gasteiger partial charge in [-0.15, -0.1) is 0 Å². The number of guanidine groups is 1. The molecule has 3 atom stereocenters. The van der Waals surface area contributed by atoms with Crippen LogP contribution in [0.3, 0.4) is 0 Å². The first-order chi connectivity index (χ1) is 23.7. The number of carbonyl (C=O) groups is 4. The molecule has 0 aliphatic carbocycles. The normalized spacial score (nSPS) is 13.0. The zero-order valence-corrected chi connectivity index (χ0v) is 28.1. The summed E-state index contributed by atoms with van der Waals surface area (Å²) in [6, 6.07) is 12.2. The largest absolute Gasteiger partial charge is 0.370 e. The molecule has 2 heterocycles. The molecule has 0 aliphatic rings. The third kappa shape index (κ3) is 10.8. The van der Waals surface area contributed by atoms with Crippen molar-refractivity contribution in [2.24, 2.45) is 22.2 Å². The van der Waals surface area contributed by atoms with E-state index in [9.17, 15) is 19.2 Å². The minimum absolute atomic E-state index is 0.0655. The number of benzene rings is 2. The van der Waals surface area contributed by atoms with Gasteiger partial charge in [-0.3, -0.25) is 24.2 Å². The third-order valence-electron chi connectivity index (χ3n) is 8.60. The molecule has 11 N–H and O–H groups in total. The fourth-order valence-electron chi connectivity index (χ4n) is 5.95. The molecule has 4 amide bonds. The number of nitrogens with one attached hydrogen (secondary N) is 5. The van der Waals surface area contributed by atoms with Crippen molar-refractivity contribution in [1.29, 1.82) is 0 Å². The Labute approximate surface area is 286 Å². The monoisotopic (exact) mass is 671 g/mol. The van der Waals surface area contributed by atoms with E-state index in [1.165, 1.54) is 0 Å². The summed E-state index contributed by atoms with van der Waals surface area (Å²) in [6.45, 7) is 2.40. The Morgan fingerprint density at radius 3 is 1.84 bits per heavy atom. The number of fused-ring (bicyclic) bond motifs is 2. The van der Waals surface area contributed by atoms with Crippen LogP contribution >= 0.6 is 0 Å². The topological polar surface area (TPSA) is 226 Å². The number of amides is 4. The molecule has 0 bridgehead atoms. The number of para-hydroxylation sites is 2. The summed E-state index contributed by atoms with van der Waals surface area (Å²) >= 11 is 0. The first-order valence-corrected chi connectivity index (χ1v) is 17.0.